The Hall–Kier alpha value is -2.00. The number of halogens is 1. The summed E-state index contributed by atoms with van der Waals surface area (Å²) in [7, 11) is 0. The molecule has 2 rings (SSSR count). The molecule has 0 bridgehead atoms. The van der Waals surface area contributed by atoms with Crippen LogP contribution in [0.4, 0.5) is 11.4 Å². The van der Waals surface area contributed by atoms with Crippen LogP contribution in [0.25, 0.3) is 0 Å². The quantitative estimate of drug-likeness (QED) is 0.863. The summed E-state index contributed by atoms with van der Waals surface area (Å²) in [6.07, 6.45) is 0. The number of aryl methyl sites for hydroxylation is 1. The second-order valence-corrected chi connectivity index (χ2v) is 5.56. The van der Waals surface area contributed by atoms with Gasteiger partial charge in [0.05, 0.1) is 10.6 Å². The van der Waals surface area contributed by atoms with Gasteiger partial charge in [0, 0.05) is 24.5 Å². The first-order valence-corrected chi connectivity index (χ1v) is 7.85. The van der Waals surface area contributed by atoms with E-state index in [0.717, 1.165) is 30.0 Å². The lowest BCUT2D eigenvalue weighted by atomic mass is 10.1. The topological polar surface area (TPSA) is 32.3 Å². The van der Waals surface area contributed by atoms with Gasteiger partial charge in [-0.3, -0.25) is 4.79 Å². The van der Waals surface area contributed by atoms with E-state index in [4.69, 9.17) is 11.6 Å². The van der Waals surface area contributed by atoms with Crippen molar-refractivity contribution in [3.8, 4) is 0 Å². The molecular formula is C18H21ClN2O. The molecule has 0 heterocycles. The molecule has 0 saturated heterocycles. The third kappa shape index (κ3) is 3.80. The van der Waals surface area contributed by atoms with Gasteiger partial charge in [0.25, 0.3) is 5.91 Å². The van der Waals surface area contributed by atoms with Crippen LogP contribution in [-0.4, -0.2) is 19.0 Å². The Kier molecular flexibility index (Phi) is 5.45. The zero-order chi connectivity index (χ0) is 16.1. The van der Waals surface area contributed by atoms with Gasteiger partial charge in [0.15, 0.2) is 0 Å². The van der Waals surface area contributed by atoms with Gasteiger partial charge >= 0.3 is 0 Å². The molecule has 4 heteroatoms. The van der Waals surface area contributed by atoms with Crippen LogP contribution >= 0.6 is 11.6 Å². The number of carbonyl (C=O) groups is 1. The number of rotatable bonds is 5. The molecule has 0 aromatic heterocycles. The van der Waals surface area contributed by atoms with E-state index >= 15 is 0 Å². The minimum Gasteiger partial charge on any atom is -0.372 e. The van der Waals surface area contributed by atoms with Gasteiger partial charge in [0.2, 0.25) is 0 Å². The number of nitrogens with one attached hydrogen (secondary N) is 1. The van der Waals surface area contributed by atoms with Crippen LogP contribution in [0.3, 0.4) is 0 Å². The molecule has 0 atom stereocenters. The van der Waals surface area contributed by atoms with E-state index in [2.05, 4.69) is 24.1 Å². The molecule has 0 saturated carbocycles. The van der Waals surface area contributed by atoms with Crippen molar-refractivity contribution in [3.05, 3.63) is 58.6 Å². The molecule has 0 unspecified atom stereocenters. The van der Waals surface area contributed by atoms with Crippen LogP contribution in [0.2, 0.25) is 5.02 Å². The van der Waals surface area contributed by atoms with E-state index in [0.29, 0.717) is 10.6 Å². The van der Waals surface area contributed by atoms with Crippen LogP contribution in [0.15, 0.2) is 42.5 Å². The van der Waals surface area contributed by atoms with Crippen LogP contribution < -0.4 is 10.2 Å². The average molecular weight is 317 g/mol. The summed E-state index contributed by atoms with van der Waals surface area (Å²) in [5, 5.41) is 3.35. The van der Waals surface area contributed by atoms with Crippen molar-refractivity contribution in [1.82, 2.24) is 0 Å². The molecule has 1 N–H and O–H groups in total. The van der Waals surface area contributed by atoms with Crippen molar-refractivity contribution in [2.45, 2.75) is 20.8 Å². The molecule has 0 radical (unpaired) electrons. The minimum absolute atomic E-state index is 0.194. The standard InChI is InChI=1S/C18H21ClN2O/c1-4-21(5-2)15-9-7-14(8-10-15)20-18(22)16-11-6-13(3)12-17(16)19/h6-12H,4-5H2,1-3H3,(H,20,22). The first-order valence-electron chi connectivity index (χ1n) is 7.47. The fraction of sp³-hybridized carbons (Fsp3) is 0.278. The van der Waals surface area contributed by atoms with Gasteiger partial charge in [0.1, 0.15) is 0 Å². The highest BCUT2D eigenvalue weighted by Crippen LogP contribution is 2.21. The molecule has 1 amide bonds. The Labute approximate surface area is 136 Å². The molecule has 0 aliphatic carbocycles. The lowest BCUT2D eigenvalue weighted by molar-refractivity contribution is 0.102. The summed E-state index contributed by atoms with van der Waals surface area (Å²) in [5.41, 5.74) is 3.43. The van der Waals surface area contributed by atoms with E-state index in [1.54, 1.807) is 12.1 Å². The maximum Gasteiger partial charge on any atom is 0.257 e. The first-order chi connectivity index (χ1) is 10.5. The maximum atomic E-state index is 12.3. The Morgan fingerprint density at radius 1 is 1.09 bits per heavy atom. The fourth-order valence-electron chi connectivity index (χ4n) is 2.35. The number of anilines is 2. The van der Waals surface area contributed by atoms with Crippen molar-refractivity contribution in [2.24, 2.45) is 0 Å². The molecule has 0 aliphatic heterocycles. The van der Waals surface area contributed by atoms with E-state index in [1.165, 1.54) is 0 Å². The summed E-state index contributed by atoms with van der Waals surface area (Å²) in [4.78, 5) is 14.5. The van der Waals surface area contributed by atoms with E-state index in [9.17, 15) is 4.79 Å². The molecule has 22 heavy (non-hydrogen) atoms. The van der Waals surface area contributed by atoms with Crippen molar-refractivity contribution in [2.75, 3.05) is 23.3 Å². The summed E-state index contributed by atoms with van der Waals surface area (Å²) in [6.45, 7) is 8.11. The predicted molar refractivity (Wildman–Crippen MR) is 94.1 cm³/mol. The van der Waals surface area contributed by atoms with Gasteiger partial charge in [-0.2, -0.15) is 0 Å². The highest BCUT2D eigenvalue weighted by Gasteiger charge is 2.11. The zero-order valence-electron chi connectivity index (χ0n) is 13.2. The Bertz CT molecular complexity index is 649. The summed E-state index contributed by atoms with van der Waals surface area (Å²) in [5.74, 6) is -0.194. The SMILES string of the molecule is CCN(CC)c1ccc(NC(=O)c2ccc(C)cc2Cl)cc1. The second-order valence-electron chi connectivity index (χ2n) is 5.16. The molecule has 0 fully saturated rings. The number of nitrogens with zero attached hydrogens (tertiary/aromatic N) is 1. The molecule has 2 aromatic carbocycles. The van der Waals surface area contributed by atoms with Gasteiger partial charge in [-0.15, -0.1) is 0 Å². The fourth-order valence-corrected chi connectivity index (χ4v) is 2.67. The smallest absolute Gasteiger partial charge is 0.257 e. The zero-order valence-corrected chi connectivity index (χ0v) is 13.9. The number of benzene rings is 2. The second kappa shape index (κ2) is 7.32. The summed E-state index contributed by atoms with van der Waals surface area (Å²) >= 11 is 6.13. The summed E-state index contributed by atoms with van der Waals surface area (Å²) < 4.78 is 0. The number of carbonyl (C=O) groups excluding carboxylic acids is 1. The maximum absolute atomic E-state index is 12.3. The minimum atomic E-state index is -0.194. The van der Waals surface area contributed by atoms with E-state index in [1.807, 2.05) is 37.3 Å². The molecular weight excluding hydrogens is 296 g/mol. The average Bonchev–Trinajstić information content (AvgIpc) is 2.50. The number of amides is 1. The van der Waals surface area contributed by atoms with E-state index < -0.39 is 0 Å². The van der Waals surface area contributed by atoms with Crippen molar-refractivity contribution in [3.63, 3.8) is 0 Å². The van der Waals surface area contributed by atoms with Gasteiger partial charge in [-0.1, -0.05) is 17.7 Å². The van der Waals surface area contributed by atoms with Gasteiger partial charge < -0.3 is 10.2 Å². The molecule has 0 aliphatic rings. The van der Waals surface area contributed by atoms with Crippen molar-refractivity contribution < 1.29 is 4.79 Å². The lowest BCUT2D eigenvalue weighted by Crippen LogP contribution is -2.21. The van der Waals surface area contributed by atoms with Crippen LogP contribution in [0.5, 0.6) is 0 Å². The van der Waals surface area contributed by atoms with Crippen molar-refractivity contribution in [1.29, 1.82) is 0 Å². The monoisotopic (exact) mass is 316 g/mol. The van der Waals surface area contributed by atoms with Gasteiger partial charge in [-0.25, -0.2) is 0 Å². The Morgan fingerprint density at radius 2 is 1.73 bits per heavy atom. The van der Waals surface area contributed by atoms with Crippen molar-refractivity contribution >= 4 is 28.9 Å². The highest BCUT2D eigenvalue weighted by molar-refractivity contribution is 6.34. The third-order valence-corrected chi connectivity index (χ3v) is 3.94. The van der Waals surface area contributed by atoms with Gasteiger partial charge in [-0.05, 0) is 62.7 Å². The van der Waals surface area contributed by atoms with Crippen LogP contribution in [0.1, 0.15) is 29.8 Å². The molecule has 2 aromatic rings. The number of hydrogen-bond donors (Lipinski definition) is 1. The van der Waals surface area contributed by atoms with Crippen LogP contribution in [-0.2, 0) is 0 Å². The van der Waals surface area contributed by atoms with Crippen LogP contribution in [0, 0.1) is 6.92 Å². The molecule has 3 nitrogen and oxygen atoms in total. The predicted octanol–water partition coefficient (Wildman–Crippen LogP) is 4.75. The Morgan fingerprint density at radius 3 is 2.27 bits per heavy atom. The third-order valence-electron chi connectivity index (χ3n) is 3.62. The van der Waals surface area contributed by atoms with E-state index in [-0.39, 0.29) is 5.91 Å². The first kappa shape index (κ1) is 16.4. The summed E-state index contributed by atoms with van der Waals surface area (Å²) in [6, 6.07) is 13.3. The Balaban J connectivity index is 2.12. The lowest BCUT2D eigenvalue weighted by Gasteiger charge is -2.21. The normalized spacial score (nSPS) is 10.4. The highest BCUT2D eigenvalue weighted by atomic mass is 35.5. The number of hydrogen-bond acceptors (Lipinski definition) is 2. The largest absolute Gasteiger partial charge is 0.372 e. The molecule has 116 valence electrons. The molecule has 0 spiro atoms.